The molecule has 0 unspecified atom stereocenters. The fourth-order valence-electron chi connectivity index (χ4n) is 2.27. The van der Waals surface area contributed by atoms with E-state index in [4.69, 9.17) is 4.42 Å². The molecule has 2 heterocycles. The summed E-state index contributed by atoms with van der Waals surface area (Å²) in [6.45, 7) is 5.13. The van der Waals surface area contributed by atoms with Gasteiger partial charge in [-0.05, 0) is 26.1 Å². The fourth-order valence-corrected chi connectivity index (χ4v) is 2.27. The first-order valence-corrected chi connectivity index (χ1v) is 7.02. The second-order valence-electron chi connectivity index (χ2n) is 5.37. The van der Waals surface area contributed by atoms with Crippen LogP contribution >= 0.6 is 0 Å². The molecule has 3 rings (SSSR count). The molecule has 1 aliphatic rings. The van der Waals surface area contributed by atoms with E-state index in [1.165, 1.54) is 0 Å². The van der Waals surface area contributed by atoms with Crippen LogP contribution in [0.2, 0.25) is 0 Å². The Morgan fingerprint density at radius 3 is 2.43 bits per heavy atom. The van der Waals surface area contributed by atoms with Gasteiger partial charge in [0.1, 0.15) is 0 Å². The highest BCUT2D eigenvalue weighted by atomic mass is 16.4. The third-order valence-corrected chi connectivity index (χ3v) is 3.70. The summed E-state index contributed by atoms with van der Waals surface area (Å²) in [4.78, 5) is 16.3. The van der Waals surface area contributed by atoms with E-state index in [1.54, 1.807) is 4.90 Å². The number of aryl methyl sites for hydroxylation is 1. The van der Waals surface area contributed by atoms with Crippen molar-refractivity contribution in [3.8, 4) is 11.5 Å². The minimum atomic E-state index is -0.186. The normalized spacial score (nSPS) is 16.2. The predicted molar refractivity (Wildman–Crippen MR) is 77.9 cm³/mol. The predicted octanol–water partition coefficient (Wildman–Crippen LogP) is 1.43. The van der Waals surface area contributed by atoms with Crippen molar-refractivity contribution in [2.24, 2.45) is 0 Å². The van der Waals surface area contributed by atoms with Crippen molar-refractivity contribution < 1.29 is 9.21 Å². The Hall–Kier alpha value is -2.21. The van der Waals surface area contributed by atoms with Gasteiger partial charge in [-0.15, -0.1) is 10.2 Å². The Morgan fingerprint density at radius 1 is 1.10 bits per heavy atom. The summed E-state index contributed by atoms with van der Waals surface area (Å²) in [6, 6.07) is 7.77. The fraction of sp³-hybridized carbons (Fsp3) is 0.400. The average molecular weight is 286 g/mol. The molecule has 6 nitrogen and oxygen atoms in total. The molecule has 1 saturated heterocycles. The topological polar surface area (TPSA) is 62.5 Å². The average Bonchev–Trinajstić information content (AvgIpc) is 2.98. The molecule has 0 spiro atoms. The molecule has 1 fully saturated rings. The Morgan fingerprint density at radius 2 is 1.76 bits per heavy atom. The molecule has 6 heteroatoms. The van der Waals surface area contributed by atoms with E-state index in [0.29, 0.717) is 19.0 Å². The van der Waals surface area contributed by atoms with Gasteiger partial charge in [-0.25, -0.2) is 0 Å². The summed E-state index contributed by atoms with van der Waals surface area (Å²) >= 11 is 0. The van der Waals surface area contributed by atoms with Crippen LogP contribution < -0.4 is 0 Å². The van der Waals surface area contributed by atoms with Crippen LogP contribution in [0.1, 0.15) is 16.2 Å². The SMILES string of the molecule is Cc1ccc(-c2nnc(C(=O)N3CCN(C)CC3)o2)cc1. The van der Waals surface area contributed by atoms with Crippen molar-refractivity contribution in [3.63, 3.8) is 0 Å². The summed E-state index contributed by atoms with van der Waals surface area (Å²) < 4.78 is 5.52. The highest BCUT2D eigenvalue weighted by molar-refractivity contribution is 5.89. The maximum absolute atomic E-state index is 12.3. The first-order chi connectivity index (χ1) is 10.1. The van der Waals surface area contributed by atoms with Crippen LogP contribution in [0.4, 0.5) is 0 Å². The third-order valence-electron chi connectivity index (χ3n) is 3.70. The number of piperazine rings is 1. The summed E-state index contributed by atoms with van der Waals surface area (Å²) in [5, 5.41) is 7.86. The van der Waals surface area contributed by atoms with Crippen LogP contribution in [-0.4, -0.2) is 59.1 Å². The second kappa shape index (κ2) is 5.65. The number of nitrogens with zero attached hydrogens (tertiary/aromatic N) is 4. The molecule has 21 heavy (non-hydrogen) atoms. The summed E-state index contributed by atoms with van der Waals surface area (Å²) in [5.74, 6) is 0.261. The van der Waals surface area contributed by atoms with Crippen LogP contribution in [-0.2, 0) is 0 Å². The molecule has 1 aromatic heterocycles. The van der Waals surface area contributed by atoms with Crippen molar-refractivity contribution in [2.45, 2.75) is 6.92 Å². The summed E-state index contributed by atoms with van der Waals surface area (Å²) in [7, 11) is 2.05. The summed E-state index contributed by atoms with van der Waals surface area (Å²) in [5.41, 5.74) is 1.98. The van der Waals surface area contributed by atoms with Crippen LogP contribution in [0.15, 0.2) is 28.7 Å². The smallest absolute Gasteiger partial charge is 0.311 e. The molecule has 110 valence electrons. The van der Waals surface area contributed by atoms with Crippen LogP contribution in [0.3, 0.4) is 0 Å². The number of amides is 1. The quantitative estimate of drug-likeness (QED) is 0.836. The number of aromatic nitrogens is 2. The summed E-state index contributed by atoms with van der Waals surface area (Å²) in [6.07, 6.45) is 0. The van der Waals surface area contributed by atoms with Gasteiger partial charge >= 0.3 is 11.8 Å². The van der Waals surface area contributed by atoms with Gasteiger partial charge in [0.2, 0.25) is 5.89 Å². The highest BCUT2D eigenvalue weighted by Crippen LogP contribution is 2.19. The van der Waals surface area contributed by atoms with Crippen molar-refractivity contribution in [1.29, 1.82) is 0 Å². The number of hydrogen-bond acceptors (Lipinski definition) is 5. The number of likely N-dealkylation sites (N-methyl/N-ethyl adjacent to an activating group) is 1. The highest BCUT2D eigenvalue weighted by Gasteiger charge is 2.25. The van der Waals surface area contributed by atoms with Crippen molar-refractivity contribution >= 4 is 5.91 Å². The minimum Gasteiger partial charge on any atom is -0.412 e. The van der Waals surface area contributed by atoms with Crippen LogP contribution in [0, 0.1) is 6.92 Å². The number of carbonyl (C=O) groups is 1. The zero-order valence-electron chi connectivity index (χ0n) is 12.2. The van der Waals surface area contributed by atoms with E-state index in [2.05, 4.69) is 15.1 Å². The molecule has 1 aromatic carbocycles. The Kier molecular flexibility index (Phi) is 3.70. The first-order valence-electron chi connectivity index (χ1n) is 7.02. The van der Waals surface area contributed by atoms with Gasteiger partial charge in [-0.2, -0.15) is 0 Å². The lowest BCUT2D eigenvalue weighted by Gasteiger charge is -2.31. The van der Waals surface area contributed by atoms with Gasteiger partial charge in [0.05, 0.1) is 0 Å². The molecular formula is C15H18N4O2. The monoisotopic (exact) mass is 286 g/mol. The number of carbonyl (C=O) groups excluding carboxylic acids is 1. The van der Waals surface area contributed by atoms with Gasteiger partial charge in [0.15, 0.2) is 0 Å². The van der Waals surface area contributed by atoms with Crippen LogP contribution in [0.5, 0.6) is 0 Å². The largest absolute Gasteiger partial charge is 0.412 e. The Balaban J connectivity index is 1.75. The minimum absolute atomic E-state index is 0.0649. The van der Waals surface area contributed by atoms with Gasteiger partial charge in [0, 0.05) is 31.7 Å². The molecule has 0 aliphatic carbocycles. The molecule has 0 atom stereocenters. The lowest BCUT2D eigenvalue weighted by atomic mass is 10.1. The lowest BCUT2D eigenvalue weighted by molar-refractivity contribution is 0.0625. The maximum atomic E-state index is 12.3. The van der Waals surface area contributed by atoms with Crippen LogP contribution in [0.25, 0.3) is 11.5 Å². The molecule has 0 N–H and O–H groups in total. The van der Waals surface area contributed by atoms with Crippen molar-refractivity contribution in [2.75, 3.05) is 33.2 Å². The Labute approximate surface area is 123 Å². The number of rotatable bonds is 2. The first kappa shape index (κ1) is 13.8. The number of hydrogen-bond donors (Lipinski definition) is 0. The van der Waals surface area contributed by atoms with Crippen molar-refractivity contribution in [1.82, 2.24) is 20.0 Å². The van der Waals surface area contributed by atoms with E-state index in [9.17, 15) is 4.79 Å². The molecule has 1 amide bonds. The van der Waals surface area contributed by atoms with Gasteiger partial charge in [-0.1, -0.05) is 17.7 Å². The zero-order valence-corrected chi connectivity index (χ0v) is 12.2. The van der Waals surface area contributed by atoms with Gasteiger partial charge < -0.3 is 14.2 Å². The number of benzene rings is 1. The molecule has 2 aromatic rings. The van der Waals surface area contributed by atoms with Gasteiger partial charge in [-0.3, -0.25) is 4.79 Å². The molecule has 0 radical (unpaired) electrons. The van der Waals surface area contributed by atoms with E-state index >= 15 is 0 Å². The third kappa shape index (κ3) is 2.95. The van der Waals surface area contributed by atoms with Crippen molar-refractivity contribution in [3.05, 3.63) is 35.7 Å². The lowest BCUT2D eigenvalue weighted by Crippen LogP contribution is -2.47. The molecule has 0 saturated carbocycles. The second-order valence-corrected chi connectivity index (χ2v) is 5.37. The van der Waals surface area contributed by atoms with E-state index in [-0.39, 0.29) is 11.8 Å². The Bertz CT molecular complexity index is 627. The zero-order chi connectivity index (χ0) is 14.8. The molecular weight excluding hydrogens is 268 g/mol. The maximum Gasteiger partial charge on any atom is 0.311 e. The van der Waals surface area contributed by atoms with Gasteiger partial charge in [0.25, 0.3) is 0 Å². The standard InChI is InChI=1S/C15H18N4O2/c1-11-3-5-12(6-4-11)13-16-17-14(21-13)15(20)19-9-7-18(2)8-10-19/h3-6H,7-10H2,1-2H3. The van der Waals surface area contributed by atoms with E-state index in [1.807, 2.05) is 38.2 Å². The molecule has 1 aliphatic heterocycles. The molecule has 0 bridgehead atoms. The van der Waals surface area contributed by atoms with E-state index in [0.717, 1.165) is 24.2 Å². The van der Waals surface area contributed by atoms with E-state index < -0.39 is 0 Å².